The third kappa shape index (κ3) is 3.97. The molecule has 1 aliphatic heterocycles. The van der Waals surface area contributed by atoms with Gasteiger partial charge in [0.1, 0.15) is 5.75 Å². The lowest BCUT2D eigenvalue weighted by Gasteiger charge is -2.35. The first-order valence-electron chi connectivity index (χ1n) is 8.36. The van der Waals surface area contributed by atoms with Crippen LogP contribution in [0.1, 0.15) is 24.2 Å². The van der Waals surface area contributed by atoms with Crippen molar-refractivity contribution in [3.05, 3.63) is 53.1 Å². The summed E-state index contributed by atoms with van der Waals surface area (Å²) in [5, 5.41) is 0.628. The van der Waals surface area contributed by atoms with Gasteiger partial charge in [0.25, 0.3) is 5.91 Å². The number of halogens is 1. The lowest BCUT2D eigenvalue weighted by atomic mass is 10.0. The highest BCUT2D eigenvalue weighted by atomic mass is 35.5. The topological polar surface area (TPSA) is 38.8 Å². The van der Waals surface area contributed by atoms with Gasteiger partial charge in [-0.25, -0.2) is 0 Å². The second-order valence-corrected chi connectivity index (χ2v) is 6.83. The number of morpholine rings is 1. The molecule has 0 aromatic heterocycles. The third-order valence-electron chi connectivity index (χ3n) is 4.29. The highest BCUT2D eigenvalue weighted by Gasteiger charge is 2.26. The van der Waals surface area contributed by atoms with Crippen molar-refractivity contribution < 1.29 is 14.3 Å². The van der Waals surface area contributed by atoms with Crippen molar-refractivity contribution in [1.82, 2.24) is 4.90 Å². The van der Waals surface area contributed by atoms with Crippen LogP contribution in [0.3, 0.4) is 0 Å². The van der Waals surface area contributed by atoms with Gasteiger partial charge in [-0.1, -0.05) is 23.7 Å². The van der Waals surface area contributed by atoms with E-state index in [0.717, 1.165) is 16.9 Å². The first-order chi connectivity index (χ1) is 12.0. The van der Waals surface area contributed by atoms with E-state index in [2.05, 4.69) is 0 Å². The fourth-order valence-electron chi connectivity index (χ4n) is 3.25. The average Bonchev–Trinajstić information content (AvgIpc) is 2.60. The summed E-state index contributed by atoms with van der Waals surface area (Å²) in [6.07, 6.45) is 0.0906. The van der Waals surface area contributed by atoms with E-state index in [1.54, 1.807) is 13.2 Å². The molecule has 1 amide bonds. The zero-order chi connectivity index (χ0) is 18.0. The molecular formula is C20H22ClNO3. The van der Waals surface area contributed by atoms with Crippen LogP contribution in [0.25, 0.3) is 11.1 Å². The van der Waals surface area contributed by atoms with Crippen molar-refractivity contribution >= 4 is 17.5 Å². The Kier molecular flexibility index (Phi) is 5.30. The predicted molar refractivity (Wildman–Crippen MR) is 99.4 cm³/mol. The minimum Gasteiger partial charge on any atom is -0.496 e. The number of rotatable bonds is 3. The van der Waals surface area contributed by atoms with Gasteiger partial charge in [0.2, 0.25) is 0 Å². The molecular weight excluding hydrogens is 338 g/mol. The molecule has 25 heavy (non-hydrogen) atoms. The molecule has 2 aromatic rings. The monoisotopic (exact) mass is 359 g/mol. The van der Waals surface area contributed by atoms with Gasteiger partial charge in [-0.2, -0.15) is 0 Å². The smallest absolute Gasteiger partial charge is 0.254 e. The molecule has 0 spiro atoms. The number of carbonyl (C=O) groups excluding carboxylic acids is 1. The maximum atomic E-state index is 12.9. The van der Waals surface area contributed by atoms with Gasteiger partial charge >= 0.3 is 0 Å². The molecule has 132 valence electrons. The molecule has 0 bridgehead atoms. The van der Waals surface area contributed by atoms with Crippen molar-refractivity contribution in [3.8, 4) is 16.9 Å². The normalized spacial score (nSPS) is 20.4. The Morgan fingerprint density at radius 2 is 1.88 bits per heavy atom. The maximum absolute atomic E-state index is 12.9. The molecule has 4 nitrogen and oxygen atoms in total. The summed E-state index contributed by atoms with van der Waals surface area (Å²) in [4.78, 5) is 14.8. The van der Waals surface area contributed by atoms with E-state index in [-0.39, 0.29) is 18.1 Å². The summed E-state index contributed by atoms with van der Waals surface area (Å²) in [7, 11) is 1.62. The molecule has 1 heterocycles. The van der Waals surface area contributed by atoms with E-state index in [1.165, 1.54) is 0 Å². The van der Waals surface area contributed by atoms with Gasteiger partial charge in [0, 0.05) is 29.2 Å². The molecule has 2 aromatic carbocycles. The van der Waals surface area contributed by atoms with Gasteiger partial charge < -0.3 is 14.4 Å². The second-order valence-electron chi connectivity index (χ2n) is 6.39. The maximum Gasteiger partial charge on any atom is 0.254 e. The Morgan fingerprint density at radius 3 is 2.56 bits per heavy atom. The van der Waals surface area contributed by atoms with Crippen LogP contribution in [-0.2, 0) is 4.74 Å². The fourth-order valence-corrected chi connectivity index (χ4v) is 3.42. The molecule has 0 saturated carbocycles. The zero-order valence-corrected chi connectivity index (χ0v) is 15.4. The minimum absolute atomic E-state index is 0.0184. The number of carbonyl (C=O) groups is 1. The van der Waals surface area contributed by atoms with Gasteiger partial charge in [0.05, 0.1) is 19.3 Å². The molecule has 0 radical (unpaired) electrons. The van der Waals surface area contributed by atoms with Crippen LogP contribution in [0.5, 0.6) is 5.75 Å². The number of amides is 1. The summed E-state index contributed by atoms with van der Waals surface area (Å²) >= 11 is 6.14. The number of hydrogen-bond acceptors (Lipinski definition) is 3. The van der Waals surface area contributed by atoms with E-state index in [0.29, 0.717) is 23.7 Å². The number of hydrogen-bond donors (Lipinski definition) is 0. The largest absolute Gasteiger partial charge is 0.496 e. The van der Waals surface area contributed by atoms with Gasteiger partial charge in [-0.05, 0) is 49.7 Å². The van der Waals surface area contributed by atoms with Gasteiger partial charge in [-0.3, -0.25) is 4.79 Å². The summed E-state index contributed by atoms with van der Waals surface area (Å²) < 4.78 is 11.1. The van der Waals surface area contributed by atoms with Gasteiger partial charge in [-0.15, -0.1) is 0 Å². The van der Waals surface area contributed by atoms with Crippen LogP contribution in [0.2, 0.25) is 5.02 Å². The number of ether oxygens (including phenoxy) is 2. The highest BCUT2D eigenvalue weighted by molar-refractivity contribution is 6.31. The average molecular weight is 360 g/mol. The van der Waals surface area contributed by atoms with Crippen molar-refractivity contribution in [1.29, 1.82) is 0 Å². The van der Waals surface area contributed by atoms with E-state index in [4.69, 9.17) is 21.1 Å². The van der Waals surface area contributed by atoms with Crippen molar-refractivity contribution in [2.75, 3.05) is 20.2 Å². The highest BCUT2D eigenvalue weighted by Crippen LogP contribution is 2.33. The quantitative estimate of drug-likeness (QED) is 0.821. The number of methoxy groups -OCH3 is 1. The number of benzene rings is 2. The SMILES string of the molecule is COc1ccc(Cl)cc1-c1cccc(C(=O)N2C[C@@H](C)O[C@@H](C)C2)c1. The van der Waals surface area contributed by atoms with E-state index >= 15 is 0 Å². The molecule has 0 aliphatic carbocycles. The van der Waals surface area contributed by atoms with Crippen molar-refractivity contribution in [2.24, 2.45) is 0 Å². The van der Waals surface area contributed by atoms with Crippen LogP contribution in [-0.4, -0.2) is 43.2 Å². The van der Waals surface area contributed by atoms with Crippen LogP contribution < -0.4 is 4.74 Å². The molecule has 0 unspecified atom stereocenters. The second kappa shape index (κ2) is 7.46. The lowest BCUT2D eigenvalue weighted by Crippen LogP contribution is -2.48. The molecule has 1 saturated heterocycles. The molecule has 3 rings (SSSR count). The minimum atomic E-state index is 0.0184. The van der Waals surface area contributed by atoms with Crippen LogP contribution >= 0.6 is 11.6 Å². The van der Waals surface area contributed by atoms with Crippen LogP contribution in [0.4, 0.5) is 0 Å². The standard InChI is InChI=1S/C20H22ClNO3/c1-13-11-22(12-14(2)25-13)20(23)16-6-4-5-15(9-16)18-10-17(21)7-8-19(18)24-3/h4-10,13-14H,11-12H2,1-3H3/t13-,14+. The molecule has 0 N–H and O–H groups in total. The summed E-state index contributed by atoms with van der Waals surface area (Å²) in [6.45, 7) is 5.19. The van der Waals surface area contributed by atoms with Crippen LogP contribution in [0, 0.1) is 0 Å². The third-order valence-corrected chi connectivity index (χ3v) is 4.52. The first kappa shape index (κ1) is 17.8. The Bertz CT molecular complexity index is 767. The van der Waals surface area contributed by atoms with Crippen molar-refractivity contribution in [2.45, 2.75) is 26.1 Å². The predicted octanol–water partition coefficient (Wildman–Crippen LogP) is 4.27. The molecule has 1 fully saturated rings. The summed E-state index contributed by atoms with van der Waals surface area (Å²) in [5.74, 6) is 0.743. The van der Waals surface area contributed by atoms with Gasteiger partial charge in [0.15, 0.2) is 0 Å². The molecule has 5 heteroatoms. The van der Waals surface area contributed by atoms with E-state index in [9.17, 15) is 4.79 Å². The Balaban J connectivity index is 1.92. The fraction of sp³-hybridized carbons (Fsp3) is 0.350. The van der Waals surface area contributed by atoms with E-state index in [1.807, 2.05) is 55.1 Å². The summed E-state index contributed by atoms with van der Waals surface area (Å²) in [6, 6.07) is 13.0. The summed E-state index contributed by atoms with van der Waals surface area (Å²) in [5.41, 5.74) is 2.42. The number of nitrogens with zero attached hydrogens (tertiary/aromatic N) is 1. The Hall–Kier alpha value is -2.04. The van der Waals surface area contributed by atoms with Crippen LogP contribution in [0.15, 0.2) is 42.5 Å². The Morgan fingerprint density at radius 1 is 1.16 bits per heavy atom. The molecule has 1 aliphatic rings. The molecule has 2 atom stereocenters. The zero-order valence-electron chi connectivity index (χ0n) is 14.7. The lowest BCUT2D eigenvalue weighted by molar-refractivity contribution is -0.0586. The van der Waals surface area contributed by atoms with E-state index < -0.39 is 0 Å². The first-order valence-corrected chi connectivity index (χ1v) is 8.74. The Labute approximate surface area is 153 Å². The van der Waals surface area contributed by atoms with Crippen molar-refractivity contribution in [3.63, 3.8) is 0 Å².